The number of carboxylic acid groups (broad SMARTS) is 1. The Balaban J connectivity index is 2.32. The van der Waals surface area contributed by atoms with Crippen LogP contribution in [0.3, 0.4) is 0 Å². The van der Waals surface area contributed by atoms with Crippen molar-refractivity contribution in [2.75, 3.05) is 5.32 Å². The number of hydrogen-bond donors (Lipinski definition) is 3. The minimum atomic E-state index is -1.26. The van der Waals surface area contributed by atoms with Crippen molar-refractivity contribution >= 4 is 11.7 Å². The van der Waals surface area contributed by atoms with Gasteiger partial charge in [-0.1, -0.05) is 12.1 Å². The molecule has 2 rings (SSSR count). The highest BCUT2D eigenvalue weighted by Crippen LogP contribution is 2.24. The summed E-state index contributed by atoms with van der Waals surface area (Å²) in [5, 5.41) is 20.9. The van der Waals surface area contributed by atoms with E-state index in [0.29, 0.717) is 0 Å². The topological polar surface area (TPSA) is 69.6 Å². The van der Waals surface area contributed by atoms with E-state index in [1.54, 1.807) is 0 Å². The van der Waals surface area contributed by atoms with Crippen LogP contribution in [0, 0.1) is 11.6 Å². The number of carbonyl (C=O) groups is 1. The van der Waals surface area contributed by atoms with E-state index in [2.05, 4.69) is 5.32 Å². The summed E-state index contributed by atoms with van der Waals surface area (Å²) < 4.78 is 26.3. The highest BCUT2D eigenvalue weighted by molar-refractivity contribution is 5.79. The predicted molar refractivity (Wildman–Crippen MR) is 68.5 cm³/mol. The van der Waals surface area contributed by atoms with Gasteiger partial charge in [-0.2, -0.15) is 0 Å². The summed E-state index contributed by atoms with van der Waals surface area (Å²) in [6.45, 7) is 0. The van der Waals surface area contributed by atoms with E-state index in [1.807, 2.05) is 0 Å². The molecule has 0 fully saturated rings. The largest absolute Gasteiger partial charge is 0.505 e. The summed E-state index contributed by atoms with van der Waals surface area (Å²) in [6, 6.07) is 7.28. The number of hydrogen-bond acceptors (Lipinski definition) is 3. The van der Waals surface area contributed by atoms with Crippen LogP contribution in [-0.4, -0.2) is 16.2 Å². The van der Waals surface area contributed by atoms with E-state index in [0.717, 1.165) is 18.2 Å². The fraction of sp³-hybridized carbons (Fsp3) is 0.0714. The van der Waals surface area contributed by atoms with Crippen molar-refractivity contribution in [1.82, 2.24) is 0 Å². The summed E-state index contributed by atoms with van der Waals surface area (Å²) in [7, 11) is 0. The molecule has 0 aliphatic heterocycles. The summed E-state index contributed by atoms with van der Waals surface area (Å²) in [5.74, 6) is -3.26. The van der Waals surface area contributed by atoms with Gasteiger partial charge in [-0.3, -0.25) is 0 Å². The number of aromatic hydroxyl groups is 1. The summed E-state index contributed by atoms with van der Waals surface area (Å²) in [4.78, 5) is 11.2. The number of anilines is 1. The average molecular weight is 279 g/mol. The van der Waals surface area contributed by atoms with E-state index in [-0.39, 0.29) is 11.3 Å². The minimum absolute atomic E-state index is 0.108. The second kappa shape index (κ2) is 5.56. The Morgan fingerprint density at radius 3 is 2.50 bits per heavy atom. The molecular formula is C14H11F2NO3. The van der Waals surface area contributed by atoms with Gasteiger partial charge >= 0.3 is 5.97 Å². The molecule has 0 amide bonds. The first-order valence-corrected chi connectivity index (χ1v) is 5.70. The van der Waals surface area contributed by atoms with Crippen LogP contribution in [-0.2, 0) is 4.79 Å². The molecule has 0 aliphatic rings. The van der Waals surface area contributed by atoms with Crippen molar-refractivity contribution in [2.24, 2.45) is 0 Å². The van der Waals surface area contributed by atoms with Gasteiger partial charge < -0.3 is 15.5 Å². The molecule has 2 aromatic carbocycles. The van der Waals surface area contributed by atoms with Gasteiger partial charge in [-0.15, -0.1) is 0 Å². The summed E-state index contributed by atoms with van der Waals surface area (Å²) in [5.41, 5.74) is 0.364. The third-order valence-corrected chi connectivity index (χ3v) is 2.69. The molecule has 0 saturated carbocycles. The number of phenols is 1. The SMILES string of the molecule is O=C(O)C(Nc1cccc(F)c1)c1ccc(O)c(F)c1. The van der Waals surface area contributed by atoms with Gasteiger partial charge in [0.2, 0.25) is 0 Å². The van der Waals surface area contributed by atoms with Gasteiger partial charge in [0.25, 0.3) is 0 Å². The van der Waals surface area contributed by atoms with Crippen molar-refractivity contribution in [1.29, 1.82) is 0 Å². The summed E-state index contributed by atoms with van der Waals surface area (Å²) >= 11 is 0. The lowest BCUT2D eigenvalue weighted by Gasteiger charge is -2.16. The first kappa shape index (κ1) is 13.8. The van der Waals surface area contributed by atoms with Crippen LogP contribution in [0.25, 0.3) is 0 Å². The number of halogens is 2. The molecular weight excluding hydrogens is 268 g/mol. The normalized spacial score (nSPS) is 11.9. The Bertz CT molecular complexity index is 646. The fourth-order valence-corrected chi connectivity index (χ4v) is 1.74. The minimum Gasteiger partial charge on any atom is -0.505 e. The number of phenolic OH excluding ortho intramolecular Hbond substituents is 1. The predicted octanol–water partition coefficient (Wildman–Crippen LogP) is 2.91. The zero-order valence-corrected chi connectivity index (χ0v) is 10.2. The molecule has 1 atom stereocenters. The molecule has 0 spiro atoms. The monoisotopic (exact) mass is 279 g/mol. The van der Waals surface area contributed by atoms with Crippen LogP contribution in [0.15, 0.2) is 42.5 Å². The molecule has 3 N–H and O–H groups in total. The molecule has 0 bridgehead atoms. The first-order valence-electron chi connectivity index (χ1n) is 5.70. The number of benzene rings is 2. The molecule has 0 aliphatic carbocycles. The lowest BCUT2D eigenvalue weighted by Crippen LogP contribution is -2.20. The molecule has 2 aromatic rings. The number of aliphatic carboxylic acids is 1. The van der Waals surface area contributed by atoms with Crippen molar-refractivity contribution in [3.05, 3.63) is 59.7 Å². The van der Waals surface area contributed by atoms with Gasteiger partial charge in [0.15, 0.2) is 17.6 Å². The third kappa shape index (κ3) is 3.03. The maximum absolute atomic E-state index is 13.3. The second-order valence-electron chi connectivity index (χ2n) is 4.14. The van der Waals surface area contributed by atoms with Gasteiger partial charge in [0.1, 0.15) is 5.82 Å². The van der Waals surface area contributed by atoms with Crippen LogP contribution in [0.2, 0.25) is 0 Å². The van der Waals surface area contributed by atoms with Crippen LogP contribution >= 0.6 is 0 Å². The van der Waals surface area contributed by atoms with Crippen molar-refractivity contribution in [2.45, 2.75) is 6.04 Å². The fourth-order valence-electron chi connectivity index (χ4n) is 1.74. The lowest BCUT2D eigenvalue weighted by molar-refractivity contribution is -0.138. The van der Waals surface area contributed by atoms with Crippen LogP contribution in [0.1, 0.15) is 11.6 Å². The molecule has 0 aromatic heterocycles. The highest BCUT2D eigenvalue weighted by atomic mass is 19.1. The maximum Gasteiger partial charge on any atom is 0.330 e. The molecule has 0 radical (unpaired) electrons. The molecule has 6 heteroatoms. The van der Waals surface area contributed by atoms with E-state index in [1.165, 1.54) is 24.3 Å². The average Bonchev–Trinajstić information content (AvgIpc) is 2.39. The van der Waals surface area contributed by atoms with Gasteiger partial charge in [-0.25, -0.2) is 13.6 Å². The standard InChI is InChI=1S/C14H11F2NO3/c15-9-2-1-3-10(7-9)17-13(14(19)20)8-4-5-12(18)11(16)6-8/h1-7,13,17-18H,(H,19,20). The van der Waals surface area contributed by atoms with Crippen LogP contribution in [0.5, 0.6) is 5.75 Å². The Hall–Kier alpha value is -2.63. The second-order valence-corrected chi connectivity index (χ2v) is 4.14. The quantitative estimate of drug-likeness (QED) is 0.805. The van der Waals surface area contributed by atoms with Crippen molar-refractivity contribution < 1.29 is 23.8 Å². The lowest BCUT2D eigenvalue weighted by atomic mass is 10.1. The molecule has 0 saturated heterocycles. The van der Waals surface area contributed by atoms with E-state index in [9.17, 15) is 18.7 Å². The smallest absolute Gasteiger partial charge is 0.330 e. The van der Waals surface area contributed by atoms with Gasteiger partial charge in [-0.05, 0) is 35.9 Å². The van der Waals surface area contributed by atoms with Crippen molar-refractivity contribution in [3.8, 4) is 5.75 Å². The summed E-state index contributed by atoms with van der Waals surface area (Å²) in [6.07, 6.45) is 0. The molecule has 1 unspecified atom stereocenters. The zero-order valence-electron chi connectivity index (χ0n) is 10.2. The van der Waals surface area contributed by atoms with Gasteiger partial charge in [0, 0.05) is 5.69 Å². The van der Waals surface area contributed by atoms with Gasteiger partial charge in [0.05, 0.1) is 0 Å². The zero-order chi connectivity index (χ0) is 14.7. The van der Waals surface area contributed by atoms with E-state index < -0.39 is 29.4 Å². The van der Waals surface area contributed by atoms with E-state index >= 15 is 0 Å². The third-order valence-electron chi connectivity index (χ3n) is 2.69. The first-order chi connectivity index (χ1) is 9.47. The molecule has 104 valence electrons. The number of rotatable bonds is 4. The molecule has 20 heavy (non-hydrogen) atoms. The van der Waals surface area contributed by atoms with E-state index in [4.69, 9.17) is 5.11 Å². The maximum atomic E-state index is 13.3. The van der Waals surface area contributed by atoms with Crippen molar-refractivity contribution in [3.63, 3.8) is 0 Å². The Kier molecular flexibility index (Phi) is 3.84. The molecule has 0 heterocycles. The number of carboxylic acids is 1. The Morgan fingerprint density at radius 1 is 1.15 bits per heavy atom. The van der Waals surface area contributed by atoms with Crippen LogP contribution < -0.4 is 5.32 Å². The highest BCUT2D eigenvalue weighted by Gasteiger charge is 2.21. The molecule has 4 nitrogen and oxygen atoms in total. The number of nitrogens with one attached hydrogen (secondary N) is 1. The van der Waals surface area contributed by atoms with Crippen LogP contribution in [0.4, 0.5) is 14.5 Å². The Labute approximate surface area is 113 Å². The Morgan fingerprint density at radius 2 is 1.90 bits per heavy atom.